The van der Waals surface area contributed by atoms with E-state index in [0.29, 0.717) is 5.89 Å². The number of ether oxygens (including phenoxy) is 3. The summed E-state index contributed by atoms with van der Waals surface area (Å²) in [6, 6.07) is 5.82. The lowest BCUT2D eigenvalue weighted by Crippen LogP contribution is -2.22. The molecule has 1 aromatic heterocycles. The van der Waals surface area contributed by atoms with Gasteiger partial charge in [-0.15, -0.1) is 5.10 Å². The summed E-state index contributed by atoms with van der Waals surface area (Å²) in [6.45, 7) is 7.12. The molecular formula is C16H19N3O5. The minimum absolute atomic E-state index is 0.0488. The van der Waals surface area contributed by atoms with E-state index < -0.39 is 12.4 Å². The van der Waals surface area contributed by atoms with Crippen molar-refractivity contribution in [1.29, 1.82) is 0 Å². The molecule has 0 aliphatic rings. The maximum absolute atomic E-state index is 11.2. The second-order valence-electron chi connectivity index (χ2n) is 5.10. The number of carbonyl (C=O) groups excluding carboxylic acids is 1. The quantitative estimate of drug-likeness (QED) is 0.367. The molecule has 0 fully saturated rings. The van der Waals surface area contributed by atoms with Gasteiger partial charge < -0.3 is 18.6 Å². The van der Waals surface area contributed by atoms with E-state index >= 15 is 0 Å². The van der Waals surface area contributed by atoms with E-state index in [4.69, 9.17) is 13.9 Å². The van der Waals surface area contributed by atoms with Crippen LogP contribution in [0.4, 0.5) is 10.8 Å². The van der Waals surface area contributed by atoms with Crippen LogP contribution in [0, 0.1) is 20.8 Å². The van der Waals surface area contributed by atoms with Crippen molar-refractivity contribution in [2.75, 3.05) is 7.11 Å². The van der Waals surface area contributed by atoms with E-state index in [-0.39, 0.29) is 11.9 Å². The van der Waals surface area contributed by atoms with Crippen LogP contribution in [0.5, 0.6) is 0 Å². The fraction of sp³-hybridized carbons (Fsp3) is 0.375. The first kappa shape index (κ1) is 17.5. The second kappa shape index (κ2) is 7.58. The van der Waals surface area contributed by atoms with Crippen molar-refractivity contribution in [3.8, 4) is 0 Å². The molecule has 0 spiro atoms. The number of aliphatic imine (C=N–C) groups is 1. The van der Waals surface area contributed by atoms with Gasteiger partial charge in [-0.2, -0.15) is 4.99 Å². The topological polar surface area (TPSA) is 96.0 Å². The highest BCUT2D eigenvalue weighted by atomic mass is 16.8. The minimum atomic E-state index is -0.916. The molecule has 0 aliphatic carbocycles. The van der Waals surface area contributed by atoms with Gasteiger partial charge in [-0.25, -0.2) is 4.79 Å². The molecule has 0 N–H and O–H groups in total. The maximum atomic E-state index is 11.2. The summed E-state index contributed by atoms with van der Waals surface area (Å²) in [7, 11) is 1.22. The van der Waals surface area contributed by atoms with E-state index in [1.165, 1.54) is 7.11 Å². The van der Waals surface area contributed by atoms with Crippen LogP contribution in [0.15, 0.2) is 27.6 Å². The summed E-state index contributed by atoms with van der Waals surface area (Å²) in [5.41, 5.74) is 2.76. The zero-order valence-corrected chi connectivity index (χ0v) is 14.2. The van der Waals surface area contributed by atoms with Crippen molar-refractivity contribution in [3.63, 3.8) is 0 Å². The number of hydrogen-bond acceptors (Lipinski definition) is 8. The van der Waals surface area contributed by atoms with Gasteiger partial charge in [0.1, 0.15) is 0 Å². The fourth-order valence-electron chi connectivity index (χ4n) is 1.99. The fourth-order valence-corrected chi connectivity index (χ4v) is 1.99. The van der Waals surface area contributed by atoms with Gasteiger partial charge in [-0.05, 0) is 25.5 Å². The predicted molar refractivity (Wildman–Crippen MR) is 85.2 cm³/mol. The van der Waals surface area contributed by atoms with Crippen LogP contribution in [-0.4, -0.2) is 35.7 Å². The average Bonchev–Trinajstić information content (AvgIpc) is 2.91. The molecular weight excluding hydrogens is 314 g/mol. The summed E-state index contributed by atoms with van der Waals surface area (Å²) in [5, 5.41) is 7.55. The van der Waals surface area contributed by atoms with Gasteiger partial charge >= 0.3 is 12.2 Å². The molecule has 0 radical (unpaired) electrons. The van der Waals surface area contributed by atoms with Crippen LogP contribution < -0.4 is 0 Å². The first-order valence-electron chi connectivity index (χ1n) is 7.26. The predicted octanol–water partition coefficient (Wildman–Crippen LogP) is 3.22. The first-order chi connectivity index (χ1) is 11.4. The highest BCUT2D eigenvalue weighted by molar-refractivity contribution is 5.96. The average molecular weight is 333 g/mol. The molecule has 8 heteroatoms. The normalized spacial score (nSPS) is 12.6. The van der Waals surface area contributed by atoms with Crippen molar-refractivity contribution in [2.45, 2.75) is 34.0 Å². The summed E-state index contributed by atoms with van der Waals surface area (Å²) in [6.07, 6.45) is -1.77. The third kappa shape index (κ3) is 4.55. The molecule has 1 unspecified atom stereocenters. The smallest absolute Gasteiger partial charge is 0.438 e. The van der Waals surface area contributed by atoms with Crippen LogP contribution in [0.3, 0.4) is 0 Å². The third-order valence-electron chi connectivity index (χ3n) is 3.03. The van der Waals surface area contributed by atoms with Crippen molar-refractivity contribution < 1.29 is 23.4 Å². The molecule has 1 aromatic carbocycles. The van der Waals surface area contributed by atoms with E-state index in [1.54, 1.807) is 13.8 Å². The highest BCUT2D eigenvalue weighted by Crippen LogP contribution is 2.18. The van der Waals surface area contributed by atoms with Crippen LogP contribution in [-0.2, 0) is 14.2 Å². The Balaban J connectivity index is 2.34. The van der Waals surface area contributed by atoms with Crippen molar-refractivity contribution >= 4 is 18.1 Å². The Bertz CT molecular complexity index is 754. The van der Waals surface area contributed by atoms with E-state index in [1.807, 2.05) is 32.0 Å². The Morgan fingerprint density at radius 2 is 1.96 bits per heavy atom. The van der Waals surface area contributed by atoms with Gasteiger partial charge in [0.25, 0.3) is 0 Å². The van der Waals surface area contributed by atoms with Gasteiger partial charge in [0.2, 0.25) is 18.1 Å². The van der Waals surface area contributed by atoms with Crippen LogP contribution in [0.1, 0.15) is 29.5 Å². The van der Waals surface area contributed by atoms with Gasteiger partial charge in [-0.1, -0.05) is 22.8 Å². The molecule has 1 heterocycles. The standard InChI is InChI=1S/C16H19N3O5/c1-9-6-7-13(10(2)8-9)14(17-15-19-18-11(3)22-15)23-12(4)24-16(20)21-5/h6-8,12H,1-5H3. The van der Waals surface area contributed by atoms with Crippen LogP contribution in [0.2, 0.25) is 0 Å². The van der Waals surface area contributed by atoms with E-state index in [9.17, 15) is 4.79 Å². The lowest BCUT2D eigenvalue weighted by Gasteiger charge is -2.17. The highest BCUT2D eigenvalue weighted by Gasteiger charge is 2.17. The van der Waals surface area contributed by atoms with Crippen LogP contribution in [0.25, 0.3) is 0 Å². The lowest BCUT2D eigenvalue weighted by atomic mass is 10.1. The van der Waals surface area contributed by atoms with Crippen molar-refractivity contribution in [2.24, 2.45) is 4.99 Å². The van der Waals surface area contributed by atoms with Gasteiger partial charge in [0.05, 0.1) is 7.11 Å². The number of hydrogen-bond donors (Lipinski definition) is 0. The van der Waals surface area contributed by atoms with Crippen molar-refractivity contribution in [3.05, 3.63) is 40.8 Å². The first-order valence-corrected chi connectivity index (χ1v) is 7.26. The van der Waals surface area contributed by atoms with Gasteiger partial charge in [-0.3, -0.25) is 0 Å². The Morgan fingerprint density at radius 1 is 1.21 bits per heavy atom. The van der Waals surface area contributed by atoms with Gasteiger partial charge in [0, 0.05) is 19.4 Å². The Labute approximate surface area is 139 Å². The molecule has 0 amide bonds. The molecule has 0 saturated heterocycles. The Hall–Kier alpha value is -2.90. The van der Waals surface area contributed by atoms with E-state index in [0.717, 1.165) is 16.7 Å². The van der Waals surface area contributed by atoms with E-state index in [2.05, 4.69) is 19.9 Å². The SMILES string of the molecule is COC(=O)OC(C)OC(=Nc1nnc(C)o1)c1ccc(C)cc1C. The number of aromatic nitrogens is 2. The number of rotatable bonds is 4. The monoisotopic (exact) mass is 333 g/mol. The molecule has 1 atom stereocenters. The third-order valence-corrected chi connectivity index (χ3v) is 3.03. The number of nitrogens with zero attached hydrogens (tertiary/aromatic N) is 3. The molecule has 0 bridgehead atoms. The largest absolute Gasteiger partial charge is 0.511 e. The summed E-state index contributed by atoms with van der Waals surface area (Å²) in [4.78, 5) is 15.4. The van der Waals surface area contributed by atoms with Crippen LogP contribution >= 0.6 is 0 Å². The molecule has 2 rings (SSSR count). The summed E-state index contributed by atoms with van der Waals surface area (Å²) >= 11 is 0. The number of methoxy groups -OCH3 is 1. The minimum Gasteiger partial charge on any atom is -0.438 e. The number of carbonyl (C=O) groups is 1. The Kier molecular flexibility index (Phi) is 5.51. The molecule has 8 nitrogen and oxygen atoms in total. The molecule has 0 aliphatic heterocycles. The zero-order chi connectivity index (χ0) is 17.7. The molecule has 128 valence electrons. The van der Waals surface area contributed by atoms with Crippen molar-refractivity contribution in [1.82, 2.24) is 10.2 Å². The van der Waals surface area contributed by atoms with Gasteiger partial charge in [0.15, 0.2) is 0 Å². The zero-order valence-electron chi connectivity index (χ0n) is 14.2. The number of benzene rings is 1. The lowest BCUT2D eigenvalue weighted by molar-refractivity contribution is -0.0538. The maximum Gasteiger partial charge on any atom is 0.511 e. The Morgan fingerprint density at radius 3 is 2.54 bits per heavy atom. The molecule has 24 heavy (non-hydrogen) atoms. The summed E-state index contributed by atoms with van der Waals surface area (Å²) < 4.78 is 20.3. The second-order valence-corrected chi connectivity index (χ2v) is 5.10. The molecule has 0 saturated carbocycles. The molecule has 2 aromatic rings. The number of aryl methyl sites for hydroxylation is 3. The summed E-state index contributed by atoms with van der Waals surface area (Å²) in [5.74, 6) is 0.583.